The smallest absolute Gasteiger partial charge is 0.274 e. The highest BCUT2D eigenvalue weighted by atomic mass is 16.3. The summed E-state index contributed by atoms with van der Waals surface area (Å²) in [5, 5.41) is 14.1. The van der Waals surface area contributed by atoms with E-state index in [9.17, 15) is 9.90 Å². The molecule has 2 aromatic rings. The Hall–Kier alpha value is -2.14. The number of carbonyl (C=O) groups is 1. The summed E-state index contributed by atoms with van der Waals surface area (Å²) in [6.07, 6.45) is 1.89. The van der Waals surface area contributed by atoms with Crippen LogP contribution in [0.2, 0.25) is 0 Å². The molecular formula is C20H27N3O2. The molecule has 1 aromatic heterocycles. The lowest BCUT2D eigenvalue weighted by Crippen LogP contribution is -2.46. The van der Waals surface area contributed by atoms with Crippen LogP contribution in [0, 0.1) is 5.92 Å². The molecule has 1 aliphatic heterocycles. The second-order valence-electron chi connectivity index (χ2n) is 7.29. The van der Waals surface area contributed by atoms with Crippen LogP contribution in [0.25, 0.3) is 5.69 Å². The number of nitrogens with zero attached hydrogens (tertiary/aromatic N) is 3. The number of piperidine rings is 1. The number of rotatable bonds is 4. The van der Waals surface area contributed by atoms with Crippen molar-refractivity contribution in [3.05, 3.63) is 47.8 Å². The molecule has 0 radical (unpaired) electrons. The molecule has 1 aliphatic rings. The lowest BCUT2D eigenvalue weighted by atomic mass is 9.94. The zero-order chi connectivity index (χ0) is 18.0. The number of aliphatic hydroxyl groups is 1. The number of likely N-dealkylation sites (tertiary alicyclic amines) is 1. The number of hydrogen-bond donors (Lipinski definition) is 1. The maximum absolute atomic E-state index is 13.1. The molecule has 0 bridgehead atoms. The van der Waals surface area contributed by atoms with E-state index < -0.39 is 0 Å². The Kier molecular flexibility index (Phi) is 5.23. The first-order chi connectivity index (χ1) is 12.0. The molecule has 1 aromatic carbocycles. The van der Waals surface area contributed by atoms with Gasteiger partial charge in [-0.05, 0) is 49.8 Å². The first kappa shape index (κ1) is 17.7. The summed E-state index contributed by atoms with van der Waals surface area (Å²) >= 11 is 0. The largest absolute Gasteiger partial charge is 0.396 e. The van der Waals surface area contributed by atoms with Crippen molar-refractivity contribution >= 4 is 5.91 Å². The Labute approximate surface area is 149 Å². The number of benzene rings is 1. The molecule has 5 heteroatoms. The van der Waals surface area contributed by atoms with Crippen molar-refractivity contribution in [1.29, 1.82) is 0 Å². The quantitative estimate of drug-likeness (QED) is 0.929. The normalized spacial score (nSPS) is 20.9. The molecule has 1 saturated heterocycles. The maximum atomic E-state index is 13.1. The average Bonchev–Trinajstić information content (AvgIpc) is 3.08. The summed E-state index contributed by atoms with van der Waals surface area (Å²) in [5.41, 5.74) is 2.47. The van der Waals surface area contributed by atoms with Crippen molar-refractivity contribution < 1.29 is 9.90 Å². The van der Waals surface area contributed by atoms with Gasteiger partial charge in [0.15, 0.2) is 5.69 Å². The summed E-state index contributed by atoms with van der Waals surface area (Å²) in [6.45, 7) is 7.02. The fourth-order valence-electron chi connectivity index (χ4n) is 3.45. The summed E-state index contributed by atoms with van der Waals surface area (Å²) in [6, 6.07) is 12.0. The first-order valence-corrected chi connectivity index (χ1v) is 9.08. The predicted molar refractivity (Wildman–Crippen MR) is 98.0 cm³/mol. The number of carbonyl (C=O) groups excluding carboxylic acids is 1. The highest BCUT2D eigenvalue weighted by molar-refractivity contribution is 5.92. The van der Waals surface area contributed by atoms with E-state index in [1.807, 2.05) is 46.0 Å². The predicted octanol–water partition coefficient (Wildman–Crippen LogP) is 3.23. The molecule has 2 atom stereocenters. The zero-order valence-corrected chi connectivity index (χ0v) is 15.2. The van der Waals surface area contributed by atoms with E-state index >= 15 is 0 Å². The third kappa shape index (κ3) is 3.61. The fraction of sp³-hybridized carbons (Fsp3) is 0.500. The number of hydrogen-bond acceptors (Lipinski definition) is 3. The maximum Gasteiger partial charge on any atom is 0.274 e. The van der Waals surface area contributed by atoms with Gasteiger partial charge in [0, 0.05) is 24.9 Å². The van der Waals surface area contributed by atoms with Crippen molar-refractivity contribution in [3.8, 4) is 5.69 Å². The van der Waals surface area contributed by atoms with Gasteiger partial charge in [-0.25, -0.2) is 4.68 Å². The van der Waals surface area contributed by atoms with Crippen molar-refractivity contribution in [2.45, 2.75) is 45.6 Å². The third-order valence-corrected chi connectivity index (χ3v) is 5.05. The summed E-state index contributed by atoms with van der Waals surface area (Å²) in [5.74, 6) is 0.390. The van der Waals surface area contributed by atoms with Gasteiger partial charge in [0.2, 0.25) is 0 Å². The van der Waals surface area contributed by atoms with Crippen molar-refractivity contribution in [3.63, 3.8) is 0 Å². The number of amides is 1. The molecule has 0 spiro atoms. The van der Waals surface area contributed by atoms with Gasteiger partial charge >= 0.3 is 0 Å². The molecule has 1 N–H and O–H groups in total. The Morgan fingerprint density at radius 1 is 1.28 bits per heavy atom. The van der Waals surface area contributed by atoms with E-state index in [1.54, 1.807) is 0 Å². The molecule has 5 nitrogen and oxygen atoms in total. The van der Waals surface area contributed by atoms with E-state index in [4.69, 9.17) is 0 Å². The van der Waals surface area contributed by atoms with Crippen LogP contribution in [-0.4, -0.2) is 44.9 Å². The lowest BCUT2D eigenvalue weighted by Gasteiger charge is -2.37. The lowest BCUT2D eigenvalue weighted by molar-refractivity contribution is 0.0483. The SMILES string of the molecule is CC(C)c1cc(C(=O)N2CC(CO)CCC2C)nn1-c1ccccc1. The van der Waals surface area contributed by atoms with Crippen LogP contribution in [0.4, 0.5) is 0 Å². The van der Waals surface area contributed by atoms with Crippen LogP contribution in [0.5, 0.6) is 0 Å². The second-order valence-corrected chi connectivity index (χ2v) is 7.29. The summed E-state index contributed by atoms with van der Waals surface area (Å²) in [4.78, 5) is 14.9. The minimum atomic E-state index is -0.0396. The van der Waals surface area contributed by atoms with Crippen LogP contribution in [-0.2, 0) is 0 Å². The molecule has 0 aliphatic carbocycles. The highest BCUT2D eigenvalue weighted by Crippen LogP contribution is 2.25. The topological polar surface area (TPSA) is 58.4 Å². The first-order valence-electron chi connectivity index (χ1n) is 9.08. The van der Waals surface area contributed by atoms with Gasteiger partial charge in [-0.15, -0.1) is 0 Å². The van der Waals surface area contributed by atoms with Crippen molar-refractivity contribution in [2.24, 2.45) is 5.92 Å². The van der Waals surface area contributed by atoms with Gasteiger partial charge < -0.3 is 10.0 Å². The van der Waals surface area contributed by atoms with Gasteiger partial charge in [0.25, 0.3) is 5.91 Å². The van der Waals surface area contributed by atoms with Gasteiger partial charge in [-0.2, -0.15) is 5.10 Å². The fourth-order valence-corrected chi connectivity index (χ4v) is 3.45. The Bertz CT molecular complexity index is 724. The van der Waals surface area contributed by atoms with E-state index in [1.165, 1.54) is 0 Å². The molecule has 25 heavy (non-hydrogen) atoms. The van der Waals surface area contributed by atoms with Crippen molar-refractivity contribution in [2.75, 3.05) is 13.2 Å². The van der Waals surface area contributed by atoms with Crippen LogP contribution in [0.3, 0.4) is 0 Å². The Balaban J connectivity index is 1.93. The Morgan fingerprint density at radius 3 is 2.64 bits per heavy atom. The highest BCUT2D eigenvalue weighted by Gasteiger charge is 2.31. The minimum Gasteiger partial charge on any atom is -0.396 e. The van der Waals surface area contributed by atoms with Crippen molar-refractivity contribution in [1.82, 2.24) is 14.7 Å². The van der Waals surface area contributed by atoms with Gasteiger partial charge in [-0.3, -0.25) is 4.79 Å². The third-order valence-electron chi connectivity index (χ3n) is 5.05. The standard InChI is InChI=1S/C20H27N3O2/c1-14(2)19-11-18(21-23(19)17-7-5-4-6-8-17)20(25)22-12-16(13-24)10-9-15(22)3/h4-8,11,14-16,24H,9-10,12-13H2,1-3H3. The van der Waals surface area contributed by atoms with E-state index in [0.717, 1.165) is 24.2 Å². The average molecular weight is 341 g/mol. The molecule has 2 unspecified atom stereocenters. The van der Waals surface area contributed by atoms with E-state index in [2.05, 4.69) is 25.9 Å². The van der Waals surface area contributed by atoms with E-state index in [-0.39, 0.29) is 30.4 Å². The Morgan fingerprint density at radius 2 is 2.00 bits per heavy atom. The molecule has 0 saturated carbocycles. The van der Waals surface area contributed by atoms with Crippen LogP contribution >= 0.6 is 0 Å². The minimum absolute atomic E-state index is 0.0396. The summed E-state index contributed by atoms with van der Waals surface area (Å²) < 4.78 is 1.87. The van der Waals surface area contributed by atoms with Crippen LogP contribution < -0.4 is 0 Å². The zero-order valence-electron chi connectivity index (χ0n) is 15.2. The number of aromatic nitrogens is 2. The number of para-hydroxylation sites is 1. The summed E-state index contributed by atoms with van der Waals surface area (Å²) in [7, 11) is 0. The van der Waals surface area contributed by atoms with Gasteiger partial charge in [-0.1, -0.05) is 32.0 Å². The number of aliphatic hydroxyl groups excluding tert-OH is 1. The molecule has 1 amide bonds. The van der Waals surface area contributed by atoms with Gasteiger partial charge in [0.1, 0.15) is 0 Å². The van der Waals surface area contributed by atoms with Crippen LogP contribution in [0.15, 0.2) is 36.4 Å². The second kappa shape index (κ2) is 7.40. The molecule has 3 rings (SSSR count). The van der Waals surface area contributed by atoms with Gasteiger partial charge in [0.05, 0.1) is 5.69 Å². The van der Waals surface area contributed by atoms with E-state index in [0.29, 0.717) is 12.2 Å². The molecule has 1 fully saturated rings. The molecule has 2 heterocycles. The van der Waals surface area contributed by atoms with Crippen LogP contribution in [0.1, 0.15) is 55.7 Å². The monoisotopic (exact) mass is 341 g/mol. The molecular weight excluding hydrogens is 314 g/mol. The molecule has 134 valence electrons.